The predicted octanol–water partition coefficient (Wildman–Crippen LogP) is 15.5. The van der Waals surface area contributed by atoms with E-state index >= 15 is 0 Å². The molecule has 1 N–H and O–H groups in total. The zero-order chi connectivity index (χ0) is 43.5. The third-order valence-corrected chi connectivity index (χ3v) is 13.4. The van der Waals surface area contributed by atoms with Gasteiger partial charge in [0.05, 0.1) is 0 Å². The van der Waals surface area contributed by atoms with Crippen LogP contribution in [0.15, 0.2) is 242 Å². The van der Waals surface area contributed by atoms with E-state index in [1.54, 1.807) is 0 Å². The first kappa shape index (κ1) is 38.5. The van der Waals surface area contributed by atoms with Gasteiger partial charge in [-0.1, -0.05) is 178 Å². The number of nitrogens with one attached hydrogen (secondary N) is 1. The topological polar surface area (TPSA) is 15.3 Å². The minimum Gasteiger partial charge on any atom is -0.356 e. The highest BCUT2D eigenvalue weighted by Gasteiger charge is 2.33. The zero-order valence-corrected chi connectivity index (χ0v) is 36.5. The molecule has 0 unspecified atom stereocenters. The summed E-state index contributed by atoms with van der Waals surface area (Å²) in [5.74, 6) is 0. The predicted molar refractivity (Wildman–Crippen MR) is 277 cm³/mol. The summed E-state index contributed by atoms with van der Waals surface area (Å²) >= 11 is 0. The van der Waals surface area contributed by atoms with Crippen LogP contribution in [-0.4, -0.2) is 0 Å². The minimum absolute atomic E-state index is 0.247. The van der Waals surface area contributed by atoms with Gasteiger partial charge in [0.1, 0.15) is 0 Å². The number of hydrogen-bond donors (Lipinski definition) is 1. The number of benzene rings is 10. The van der Waals surface area contributed by atoms with Gasteiger partial charge < -0.3 is 10.2 Å². The van der Waals surface area contributed by atoms with E-state index in [0.29, 0.717) is 0 Å². The highest BCUT2D eigenvalue weighted by molar-refractivity contribution is 6.25. The minimum atomic E-state index is -0.247. The molecule has 0 heterocycles. The Bertz CT molecular complexity index is 3640. The Kier molecular flexibility index (Phi) is 9.21. The van der Waals surface area contributed by atoms with Crippen LogP contribution < -0.4 is 20.7 Å². The van der Waals surface area contributed by atoms with Gasteiger partial charge in [-0.3, -0.25) is 0 Å². The SMILES string of the molecule is CC1(C)C=C(N(c2ccc(-c3ccccc3)cc2)c2ccc(-c3ccc(Nc4ccc(-c5ccccc5)cc4)cc3)cc2)C=C2C=c3cc4c5ccccc5c5ccccc5c4cc3=C21. The van der Waals surface area contributed by atoms with E-state index in [1.165, 1.54) is 87.3 Å². The Balaban J connectivity index is 0.902. The highest BCUT2D eigenvalue weighted by Crippen LogP contribution is 2.45. The van der Waals surface area contributed by atoms with Crippen LogP contribution in [0.3, 0.4) is 0 Å². The first-order valence-corrected chi connectivity index (χ1v) is 22.6. The molecule has 12 rings (SSSR count). The molecule has 0 saturated carbocycles. The smallest absolute Gasteiger partial charge is 0.0461 e. The second-order valence-corrected chi connectivity index (χ2v) is 17.9. The lowest BCUT2D eigenvalue weighted by molar-refractivity contribution is 0.637. The van der Waals surface area contributed by atoms with Crippen LogP contribution in [0.2, 0.25) is 0 Å². The molecule has 0 spiro atoms. The van der Waals surface area contributed by atoms with Crippen molar-refractivity contribution < 1.29 is 0 Å². The van der Waals surface area contributed by atoms with Crippen molar-refractivity contribution in [3.05, 3.63) is 252 Å². The fourth-order valence-electron chi connectivity index (χ4n) is 10.3. The molecule has 0 atom stereocenters. The fourth-order valence-corrected chi connectivity index (χ4v) is 10.3. The molecule has 0 aliphatic heterocycles. The summed E-state index contributed by atoms with van der Waals surface area (Å²) in [6, 6.07) is 79.2. The normalized spacial score (nSPS) is 13.8. The van der Waals surface area contributed by atoms with Gasteiger partial charge in [-0.25, -0.2) is 0 Å². The van der Waals surface area contributed by atoms with E-state index in [4.69, 9.17) is 0 Å². The van der Waals surface area contributed by atoms with Crippen molar-refractivity contribution in [1.29, 1.82) is 0 Å². The lowest BCUT2D eigenvalue weighted by Crippen LogP contribution is -2.29. The van der Waals surface area contributed by atoms with Crippen LogP contribution in [-0.2, 0) is 0 Å². The maximum absolute atomic E-state index is 3.58. The zero-order valence-electron chi connectivity index (χ0n) is 36.5. The molecular weight excluding hydrogens is 785 g/mol. The van der Waals surface area contributed by atoms with Gasteiger partial charge in [0.25, 0.3) is 0 Å². The van der Waals surface area contributed by atoms with Crippen LogP contribution in [0.25, 0.3) is 77.3 Å². The fraction of sp³-hybridized carbons (Fsp3) is 0.0476. The summed E-state index contributed by atoms with van der Waals surface area (Å²) in [5, 5.41) is 14.0. The highest BCUT2D eigenvalue weighted by atomic mass is 15.1. The van der Waals surface area contributed by atoms with Crippen LogP contribution >= 0.6 is 0 Å². The average molecular weight is 831 g/mol. The molecule has 0 amide bonds. The maximum atomic E-state index is 3.58. The first-order chi connectivity index (χ1) is 31.9. The number of anilines is 4. The van der Waals surface area contributed by atoms with Crippen LogP contribution in [0.5, 0.6) is 0 Å². The quantitative estimate of drug-likeness (QED) is 0.154. The van der Waals surface area contributed by atoms with Crippen molar-refractivity contribution in [2.24, 2.45) is 5.41 Å². The molecule has 2 heteroatoms. The third-order valence-electron chi connectivity index (χ3n) is 13.4. The number of hydrogen-bond acceptors (Lipinski definition) is 2. The van der Waals surface area contributed by atoms with E-state index in [1.807, 2.05) is 0 Å². The molecule has 10 aromatic carbocycles. The number of nitrogens with zero attached hydrogens (tertiary/aromatic N) is 1. The molecular formula is C63H46N2. The Morgan fingerprint density at radius 3 is 1.22 bits per heavy atom. The van der Waals surface area contributed by atoms with E-state index in [-0.39, 0.29) is 5.41 Å². The van der Waals surface area contributed by atoms with Gasteiger partial charge in [-0.2, -0.15) is 0 Å². The van der Waals surface area contributed by atoms with Crippen LogP contribution in [0, 0.1) is 5.41 Å². The summed E-state index contributed by atoms with van der Waals surface area (Å²) in [4.78, 5) is 2.43. The van der Waals surface area contributed by atoms with Crippen molar-refractivity contribution in [3.63, 3.8) is 0 Å². The molecule has 2 aliphatic rings. The van der Waals surface area contributed by atoms with E-state index < -0.39 is 0 Å². The third kappa shape index (κ3) is 6.92. The van der Waals surface area contributed by atoms with Gasteiger partial charge in [0.2, 0.25) is 0 Å². The number of allylic oxidation sites excluding steroid dienone is 3. The van der Waals surface area contributed by atoms with E-state index in [9.17, 15) is 0 Å². The molecule has 2 nitrogen and oxygen atoms in total. The van der Waals surface area contributed by atoms with Gasteiger partial charge >= 0.3 is 0 Å². The van der Waals surface area contributed by atoms with Gasteiger partial charge in [0, 0.05) is 33.9 Å². The Morgan fingerprint density at radius 2 is 0.754 bits per heavy atom. The molecule has 65 heavy (non-hydrogen) atoms. The number of rotatable bonds is 8. The summed E-state index contributed by atoms with van der Waals surface area (Å²) in [7, 11) is 0. The van der Waals surface area contributed by atoms with Gasteiger partial charge in [-0.15, -0.1) is 0 Å². The molecule has 10 aromatic rings. The van der Waals surface area contributed by atoms with Crippen molar-refractivity contribution in [3.8, 4) is 33.4 Å². The maximum Gasteiger partial charge on any atom is 0.0461 e. The van der Waals surface area contributed by atoms with Crippen molar-refractivity contribution in [1.82, 2.24) is 0 Å². The van der Waals surface area contributed by atoms with Gasteiger partial charge in [-0.05, 0) is 160 Å². The lowest BCUT2D eigenvalue weighted by Gasteiger charge is -2.35. The lowest BCUT2D eigenvalue weighted by atomic mass is 9.76. The molecule has 2 aliphatic carbocycles. The molecule has 0 fully saturated rings. The molecule has 0 saturated heterocycles. The Morgan fingerprint density at radius 1 is 0.369 bits per heavy atom. The first-order valence-electron chi connectivity index (χ1n) is 22.6. The van der Waals surface area contributed by atoms with E-state index in [0.717, 1.165) is 28.4 Å². The van der Waals surface area contributed by atoms with Crippen LogP contribution in [0.1, 0.15) is 13.8 Å². The second kappa shape index (κ2) is 15.6. The van der Waals surface area contributed by atoms with Crippen molar-refractivity contribution in [2.45, 2.75) is 13.8 Å². The Labute approximate surface area is 380 Å². The largest absolute Gasteiger partial charge is 0.356 e. The van der Waals surface area contributed by atoms with Crippen molar-refractivity contribution in [2.75, 3.05) is 10.2 Å². The summed E-state index contributed by atoms with van der Waals surface area (Å²) < 4.78 is 0. The standard InChI is InChI=1S/C63H46N2/c1-63(2)41-54(38-49-37-48-39-60-57-19-11-9-17-55(57)56-18-10-12-20-58(56)61(60)40-59(48)62(49)63)65(52-33-25-46(26-34-52)43-15-7-4-8-16-43)53-35-27-47(28-36-53)45-23-31-51(32-24-45)64-50-29-21-44(22-30-50)42-13-5-3-6-14-42/h3-41,64H,1-2H3. The average Bonchev–Trinajstić information content (AvgIpc) is 3.73. The van der Waals surface area contributed by atoms with E-state index in [2.05, 4.69) is 261 Å². The molecule has 0 radical (unpaired) electrons. The summed E-state index contributed by atoms with van der Waals surface area (Å²) in [6.45, 7) is 4.75. The number of fused-ring (bicyclic) bond motifs is 8. The van der Waals surface area contributed by atoms with Gasteiger partial charge in [0.15, 0.2) is 0 Å². The second-order valence-electron chi connectivity index (χ2n) is 17.9. The molecule has 0 aromatic heterocycles. The molecule has 308 valence electrons. The Hall–Kier alpha value is -8.20. The molecule has 0 bridgehead atoms. The monoisotopic (exact) mass is 830 g/mol. The summed E-state index contributed by atoms with van der Waals surface area (Å²) in [5.41, 5.74) is 15.1. The van der Waals surface area contributed by atoms with Crippen LogP contribution in [0.4, 0.5) is 22.7 Å². The van der Waals surface area contributed by atoms with Crippen molar-refractivity contribution >= 4 is 66.7 Å². The summed E-state index contributed by atoms with van der Waals surface area (Å²) in [6.07, 6.45) is 7.29.